The summed E-state index contributed by atoms with van der Waals surface area (Å²) in [7, 11) is 0. The lowest BCUT2D eigenvalue weighted by atomic mass is 9.76. The Morgan fingerprint density at radius 3 is 2.35 bits per heavy atom. The van der Waals surface area contributed by atoms with Crippen molar-refractivity contribution >= 4 is 17.8 Å². The number of rotatable bonds is 6. The molecule has 2 aromatic carbocycles. The Morgan fingerprint density at radius 1 is 1.03 bits per heavy atom. The number of nitrogens with zero attached hydrogens (tertiary/aromatic N) is 1. The van der Waals surface area contributed by atoms with E-state index < -0.39 is 29.4 Å². The van der Waals surface area contributed by atoms with Crippen molar-refractivity contribution in [2.24, 2.45) is 11.8 Å². The van der Waals surface area contributed by atoms with Crippen molar-refractivity contribution in [3.8, 4) is 0 Å². The van der Waals surface area contributed by atoms with Crippen LogP contribution in [-0.2, 0) is 25.5 Å². The topological polar surface area (TPSA) is 75.7 Å². The number of aryl methyl sites for hydroxylation is 1. The molecule has 2 aliphatic heterocycles. The molecule has 4 atom stereocenters. The van der Waals surface area contributed by atoms with Crippen LogP contribution in [0.1, 0.15) is 36.6 Å². The maximum atomic E-state index is 13.5. The zero-order valence-electron chi connectivity index (χ0n) is 18.1. The summed E-state index contributed by atoms with van der Waals surface area (Å²) in [5.74, 6) is -2.47. The van der Waals surface area contributed by atoms with Crippen LogP contribution in [0.3, 0.4) is 0 Å². The van der Waals surface area contributed by atoms with Crippen LogP contribution in [0.25, 0.3) is 0 Å². The average Bonchev–Trinajstić information content (AvgIpc) is 3.23. The van der Waals surface area contributed by atoms with E-state index in [1.165, 1.54) is 4.90 Å². The first kappa shape index (κ1) is 21.2. The number of ether oxygens (including phenoxy) is 1. The third-order valence-corrected chi connectivity index (χ3v) is 6.55. The summed E-state index contributed by atoms with van der Waals surface area (Å²) in [5, 5.41) is 3.46. The van der Waals surface area contributed by atoms with Crippen LogP contribution in [0, 0.1) is 18.8 Å². The molecule has 2 aromatic rings. The molecule has 6 heteroatoms. The summed E-state index contributed by atoms with van der Waals surface area (Å²) < 4.78 is 5.49. The second kappa shape index (κ2) is 8.27. The van der Waals surface area contributed by atoms with Gasteiger partial charge in [-0.2, -0.15) is 0 Å². The largest absolute Gasteiger partial charge is 0.465 e. The van der Waals surface area contributed by atoms with E-state index in [-0.39, 0.29) is 31.4 Å². The number of fused-ring (bicyclic) bond motifs is 1. The molecule has 0 radical (unpaired) electrons. The molecule has 1 N–H and O–H groups in total. The minimum atomic E-state index is -1.31. The molecule has 2 amide bonds. The van der Waals surface area contributed by atoms with Gasteiger partial charge in [0.2, 0.25) is 11.8 Å². The Labute approximate surface area is 182 Å². The zero-order valence-corrected chi connectivity index (χ0v) is 18.1. The Morgan fingerprint density at radius 2 is 1.71 bits per heavy atom. The normalized spacial score (nSPS) is 27.5. The van der Waals surface area contributed by atoms with Crippen molar-refractivity contribution in [3.63, 3.8) is 0 Å². The standard InChI is InChI=1S/C25H28N2O4/c1-4-27-22(28)19-20(23(27)29)25(24(30)31-5-2,15-17-12-7-6-8-13-17)26-21(19)18-14-10-9-11-16(18)3/h6-14,19-21,26H,4-5,15H2,1-3H3/t19-,20+,21+,25-/m1/s1. The summed E-state index contributed by atoms with van der Waals surface area (Å²) in [6.45, 7) is 6.00. The van der Waals surface area contributed by atoms with Gasteiger partial charge in [0, 0.05) is 19.0 Å². The van der Waals surface area contributed by atoms with Crippen LogP contribution >= 0.6 is 0 Å². The molecule has 2 heterocycles. The van der Waals surface area contributed by atoms with E-state index in [0.29, 0.717) is 0 Å². The fourth-order valence-electron chi connectivity index (χ4n) is 5.18. The van der Waals surface area contributed by atoms with Crippen LogP contribution in [0.5, 0.6) is 0 Å². The molecular weight excluding hydrogens is 392 g/mol. The number of likely N-dealkylation sites (tertiary alicyclic amines) is 1. The van der Waals surface area contributed by atoms with E-state index in [4.69, 9.17) is 4.74 Å². The smallest absolute Gasteiger partial charge is 0.327 e. The van der Waals surface area contributed by atoms with Gasteiger partial charge in [-0.05, 0) is 37.5 Å². The van der Waals surface area contributed by atoms with E-state index in [0.717, 1.165) is 16.7 Å². The first-order chi connectivity index (χ1) is 14.9. The number of amides is 2. The first-order valence-corrected chi connectivity index (χ1v) is 10.8. The fourth-order valence-corrected chi connectivity index (χ4v) is 5.18. The van der Waals surface area contributed by atoms with Crippen LogP contribution < -0.4 is 5.32 Å². The van der Waals surface area contributed by atoms with E-state index >= 15 is 0 Å². The summed E-state index contributed by atoms with van der Waals surface area (Å²) in [5.41, 5.74) is 1.53. The molecule has 31 heavy (non-hydrogen) atoms. The van der Waals surface area contributed by atoms with Crippen LogP contribution in [0.4, 0.5) is 0 Å². The lowest BCUT2D eigenvalue weighted by molar-refractivity contribution is -0.156. The molecule has 0 bridgehead atoms. The minimum absolute atomic E-state index is 0.198. The predicted molar refractivity (Wildman–Crippen MR) is 116 cm³/mol. The molecular formula is C25H28N2O4. The molecule has 2 fully saturated rings. The van der Waals surface area contributed by atoms with Crippen molar-refractivity contribution in [1.82, 2.24) is 10.2 Å². The van der Waals surface area contributed by atoms with Crippen molar-refractivity contribution in [2.75, 3.05) is 13.2 Å². The van der Waals surface area contributed by atoms with Crippen molar-refractivity contribution in [1.29, 1.82) is 0 Å². The van der Waals surface area contributed by atoms with Gasteiger partial charge in [-0.25, -0.2) is 0 Å². The van der Waals surface area contributed by atoms with E-state index in [2.05, 4.69) is 5.32 Å². The second-order valence-corrected chi connectivity index (χ2v) is 8.26. The van der Waals surface area contributed by atoms with Crippen molar-refractivity contribution in [3.05, 3.63) is 71.3 Å². The summed E-state index contributed by atoms with van der Waals surface area (Å²) in [6, 6.07) is 16.9. The van der Waals surface area contributed by atoms with Gasteiger partial charge < -0.3 is 4.74 Å². The SMILES string of the molecule is CCOC(=O)[C@]1(Cc2ccccc2)N[C@@H](c2ccccc2C)[C@@H]2C(=O)N(CC)C(=O)[C@H]21. The molecule has 162 valence electrons. The number of nitrogens with one attached hydrogen (secondary N) is 1. The van der Waals surface area contributed by atoms with E-state index in [1.54, 1.807) is 13.8 Å². The Hall–Kier alpha value is -2.99. The van der Waals surface area contributed by atoms with Gasteiger partial charge in [-0.1, -0.05) is 54.6 Å². The van der Waals surface area contributed by atoms with Crippen LogP contribution in [-0.4, -0.2) is 41.4 Å². The number of hydrogen-bond donors (Lipinski definition) is 1. The molecule has 0 spiro atoms. The Kier molecular flexibility index (Phi) is 5.67. The highest BCUT2D eigenvalue weighted by atomic mass is 16.5. The van der Waals surface area contributed by atoms with Crippen molar-refractivity contribution < 1.29 is 19.1 Å². The number of imide groups is 1. The first-order valence-electron chi connectivity index (χ1n) is 10.8. The number of carbonyl (C=O) groups is 3. The highest BCUT2D eigenvalue weighted by molar-refractivity contribution is 6.09. The Bertz CT molecular complexity index is 1010. The van der Waals surface area contributed by atoms with Gasteiger partial charge in [0.25, 0.3) is 0 Å². The molecule has 0 aromatic heterocycles. The lowest BCUT2D eigenvalue weighted by Crippen LogP contribution is -2.58. The van der Waals surface area contributed by atoms with Gasteiger partial charge >= 0.3 is 5.97 Å². The van der Waals surface area contributed by atoms with E-state index in [1.807, 2.05) is 61.5 Å². The van der Waals surface area contributed by atoms with Gasteiger partial charge in [-0.15, -0.1) is 0 Å². The van der Waals surface area contributed by atoms with Crippen LogP contribution in [0.15, 0.2) is 54.6 Å². The third kappa shape index (κ3) is 3.35. The molecule has 0 unspecified atom stereocenters. The third-order valence-electron chi connectivity index (χ3n) is 6.55. The van der Waals surface area contributed by atoms with Gasteiger partial charge in [0.15, 0.2) is 0 Å². The van der Waals surface area contributed by atoms with E-state index in [9.17, 15) is 14.4 Å². The van der Waals surface area contributed by atoms with Crippen molar-refractivity contribution in [2.45, 2.75) is 38.8 Å². The molecule has 2 saturated heterocycles. The van der Waals surface area contributed by atoms with Gasteiger partial charge in [0.05, 0.1) is 18.4 Å². The number of hydrogen-bond acceptors (Lipinski definition) is 5. The average molecular weight is 421 g/mol. The lowest BCUT2D eigenvalue weighted by Gasteiger charge is -2.33. The monoisotopic (exact) mass is 420 g/mol. The highest BCUT2D eigenvalue weighted by Gasteiger charge is 2.68. The highest BCUT2D eigenvalue weighted by Crippen LogP contribution is 2.50. The number of carbonyl (C=O) groups excluding carboxylic acids is 3. The maximum Gasteiger partial charge on any atom is 0.327 e. The molecule has 2 aliphatic rings. The molecule has 0 saturated carbocycles. The van der Waals surface area contributed by atoms with Gasteiger partial charge in [-0.3, -0.25) is 24.6 Å². The maximum absolute atomic E-state index is 13.5. The Balaban J connectivity index is 1.89. The van der Waals surface area contributed by atoms with Crippen LogP contribution in [0.2, 0.25) is 0 Å². The summed E-state index contributed by atoms with van der Waals surface area (Å²) in [6.07, 6.45) is 0.271. The number of esters is 1. The predicted octanol–water partition coefficient (Wildman–Crippen LogP) is 2.81. The molecule has 0 aliphatic carbocycles. The quantitative estimate of drug-likeness (QED) is 0.575. The number of benzene rings is 2. The summed E-state index contributed by atoms with van der Waals surface area (Å²) in [4.78, 5) is 41.6. The fraction of sp³-hybridized carbons (Fsp3) is 0.400. The molecule has 6 nitrogen and oxygen atoms in total. The molecule has 4 rings (SSSR count). The minimum Gasteiger partial charge on any atom is -0.465 e. The van der Waals surface area contributed by atoms with Gasteiger partial charge in [0.1, 0.15) is 5.54 Å². The zero-order chi connectivity index (χ0) is 22.2. The second-order valence-electron chi connectivity index (χ2n) is 8.26. The summed E-state index contributed by atoms with van der Waals surface area (Å²) >= 11 is 0.